The second-order valence-electron chi connectivity index (χ2n) is 9.79. The zero-order valence-corrected chi connectivity index (χ0v) is 19.6. The van der Waals surface area contributed by atoms with Crippen LogP contribution in [0, 0.1) is 0 Å². The lowest BCUT2D eigenvalue weighted by Crippen LogP contribution is -2.59. The molecule has 5 rings (SSSR count). The predicted octanol–water partition coefficient (Wildman–Crippen LogP) is 2.90. The zero-order chi connectivity index (χ0) is 22.2. The van der Waals surface area contributed by atoms with E-state index in [4.69, 9.17) is 0 Å². The molecule has 1 amide bonds. The number of carbonyl (C=O) groups is 1. The van der Waals surface area contributed by atoms with E-state index in [0.717, 1.165) is 38.8 Å². The van der Waals surface area contributed by atoms with Gasteiger partial charge < -0.3 is 10.2 Å². The maximum Gasteiger partial charge on any atom is 0.285 e. The van der Waals surface area contributed by atoms with Crippen molar-refractivity contribution >= 4 is 21.8 Å². The number of fused-ring (bicyclic) bond motifs is 1. The third kappa shape index (κ3) is 3.96. The largest absolute Gasteiger partial charge is 0.352 e. The molecular formula is C24H34N4O3S. The minimum atomic E-state index is -3.69. The van der Waals surface area contributed by atoms with Gasteiger partial charge in [0.05, 0.1) is 0 Å². The van der Waals surface area contributed by atoms with E-state index in [1.165, 1.54) is 38.5 Å². The van der Waals surface area contributed by atoms with Crippen LogP contribution in [0.1, 0.15) is 69.8 Å². The van der Waals surface area contributed by atoms with Gasteiger partial charge in [-0.15, -0.1) is 4.40 Å². The number of rotatable bonds is 4. The lowest BCUT2D eigenvalue weighted by Gasteiger charge is -2.48. The Kier molecular flexibility index (Phi) is 6.01. The van der Waals surface area contributed by atoms with Crippen LogP contribution in [0.5, 0.6) is 0 Å². The lowest BCUT2D eigenvalue weighted by atomic mass is 9.79. The van der Waals surface area contributed by atoms with Crippen LogP contribution in [0.2, 0.25) is 0 Å². The van der Waals surface area contributed by atoms with Crippen LogP contribution >= 0.6 is 0 Å². The molecule has 2 saturated heterocycles. The summed E-state index contributed by atoms with van der Waals surface area (Å²) in [5.41, 5.74) is 0.697. The van der Waals surface area contributed by atoms with E-state index in [0.29, 0.717) is 24.5 Å². The van der Waals surface area contributed by atoms with Gasteiger partial charge in [-0.2, -0.15) is 8.42 Å². The summed E-state index contributed by atoms with van der Waals surface area (Å²) in [6, 6.07) is 6.56. The number of likely N-dealkylation sites (tertiary alicyclic amines) is 2. The Hall–Kier alpha value is -1.93. The van der Waals surface area contributed by atoms with Crippen molar-refractivity contribution in [3.8, 4) is 0 Å². The molecule has 4 aliphatic rings. The number of sulfonamides is 1. The summed E-state index contributed by atoms with van der Waals surface area (Å²) >= 11 is 0. The molecule has 8 heteroatoms. The van der Waals surface area contributed by atoms with Crippen molar-refractivity contribution in [1.82, 2.24) is 15.1 Å². The first-order valence-electron chi connectivity index (χ1n) is 12.2. The van der Waals surface area contributed by atoms with E-state index in [-0.39, 0.29) is 22.4 Å². The topological polar surface area (TPSA) is 82.1 Å². The van der Waals surface area contributed by atoms with E-state index in [1.807, 2.05) is 11.0 Å². The number of benzene rings is 1. The third-order valence-corrected chi connectivity index (χ3v) is 9.17. The van der Waals surface area contributed by atoms with Crippen molar-refractivity contribution in [1.29, 1.82) is 0 Å². The van der Waals surface area contributed by atoms with E-state index in [1.54, 1.807) is 18.2 Å². The monoisotopic (exact) mass is 458 g/mol. The van der Waals surface area contributed by atoms with Gasteiger partial charge in [0, 0.05) is 24.2 Å². The molecular weight excluding hydrogens is 424 g/mol. The molecule has 0 bridgehead atoms. The molecule has 32 heavy (non-hydrogen) atoms. The number of carbonyl (C=O) groups excluding carboxylic acids is 1. The quantitative estimate of drug-likeness (QED) is 0.750. The van der Waals surface area contributed by atoms with Crippen LogP contribution in [0.15, 0.2) is 33.6 Å². The molecule has 3 fully saturated rings. The molecule has 1 atom stereocenters. The molecule has 0 radical (unpaired) electrons. The van der Waals surface area contributed by atoms with Gasteiger partial charge in [-0.3, -0.25) is 9.69 Å². The molecule has 1 aromatic rings. The Morgan fingerprint density at radius 2 is 1.72 bits per heavy atom. The van der Waals surface area contributed by atoms with E-state index in [2.05, 4.69) is 14.6 Å². The van der Waals surface area contributed by atoms with Crippen LogP contribution in [0.4, 0.5) is 0 Å². The molecule has 0 spiro atoms. The summed E-state index contributed by atoms with van der Waals surface area (Å²) in [5.74, 6) is 0.440. The van der Waals surface area contributed by atoms with Gasteiger partial charge >= 0.3 is 0 Å². The highest BCUT2D eigenvalue weighted by Crippen LogP contribution is 2.36. The van der Waals surface area contributed by atoms with Gasteiger partial charge in [-0.1, -0.05) is 37.8 Å². The molecule has 1 N–H and O–H groups in total. The molecule has 0 unspecified atom stereocenters. The summed E-state index contributed by atoms with van der Waals surface area (Å²) < 4.78 is 29.1. The smallest absolute Gasteiger partial charge is 0.285 e. The first-order chi connectivity index (χ1) is 15.5. The Bertz CT molecular complexity index is 994. The minimum Gasteiger partial charge on any atom is -0.352 e. The summed E-state index contributed by atoms with van der Waals surface area (Å²) in [7, 11) is -3.69. The molecule has 174 valence electrons. The highest BCUT2D eigenvalue weighted by molar-refractivity contribution is 7.90. The van der Waals surface area contributed by atoms with Crippen molar-refractivity contribution in [3.05, 3.63) is 29.8 Å². The Labute approximate surface area is 191 Å². The molecule has 3 heterocycles. The average Bonchev–Trinajstić information content (AvgIpc) is 3.41. The van der Waals surface area contributed by atoms with Gasteiger partial charge in [-0.05, 0) is 63.7 Å². The first-order valence-corrected chi connectivity index (χ1v) is 13.7. The van der Waals surface area contributed by atoms with Crippen LogP contribution in [-0.2, 0) is 14.8 Å². The average molecular weight is 459 g/mol. The van der Waals surface area contributed by atoms with Crippen molar-refractivity contribution in [2.24, 2.45) is 4.40 Å². The fourth-order valence-corrected chi connectivity index (χ4v) is 7.36. The number of nitrogens with zero attached hydrogens (tertiary/aromatic N) is 3. The summed E-state index contributed by atoms with van der Waals surface area (Å²) in [6.07, 6.45) is 11.4. The van der Waals surface area contributed by atoms with Crippen molar-refractivity contribution in [2.75, 3.05) is 26.2 Å². The zero-order valence-electron chi connectivity index (χ0n) is 18.8. The van der Waals surface area contributed by atoms with Gasteiger partial charge in [0.25, 0.3) is 10.0 Å². The maximum absolute atomic E-state index is 13.4. The number of nitrogens with one attached hydrogen (secondary N) is 1. The fourth-order valence-electron chi connectivity index (χ4n) is 6.14. The third-order valence-electron chi connectivity index (χ3n) is 7.84. The highest BCUT2D eigenvalue weighted by Gasteiger charge is 2.42. The second-order valence-corrected chi connectivity index (χ2v) is 11.4. The van der Waals surface area contributed by atoms with Gasteiger partial charge in [0.2, 0.25) is 5.91 Å². The first kappa shape index (κ1) is 21.9. The Morgan fingerprint density at radius 1 is 1.00 bits per heavy atom. The van der Waals surface area contributed by atoms with Gasteiger partial charge in [0.15, 0.2) is 5.84 Å². The summed E-state index contributed by atoms with van der Waals surface area (Å²) in [6.45, 7) is 3.61. The molecule has 0 aromatic heterocycles. The number of hydrogen-bond donors (Lipinski definition) is 1. The number of amidine groups is 1. The number of piperidine rings is 1. The van der Waals surface area contributed by atoms with Crippen molar-refractivity contribution in [2.45, 2.75) is 80.7 Å². The fraction of sp³-hybridized carbons (Fsp3) is 0.667. The molecule has 1 aromatic carbocycles. The predicted molar refractivity (Wildman–Crippen MR) is 124 cm³/mol. The number of hydrogen-bond acceptors (Lipinski definition) is 5. The van der Waals surface area contributed by atoms with Crippen molar-refractivity contribution in [3.63, 3.8) is 0 Å². The van der Waals surface area contributed by atoms with Crippen LogP contribution in [0.3, 0.4) is 0 Å². The van der Waals surface area contributed by atoms with Crippen molar-refractivity contribution < 1.29 is 13.2 Å². The second kappa shape index (κ2) is 8.78. The van der Waals surface area contributed by atoms with Crippen LogP contribution in [0.25, 0.3) is 0 Å². The SMILES string of the molecule is O=C(NCC1(N2CCCCC2)CCCCC1)[C@H]1CCCN1C1=NS(=O)(=O)c2ccccc21. The normalized spacial score (nSPS) is 27.1. The van der Waals surface area contributed by atoms with E-state index >= 15 is 0 Å². The molecule has 1 aliphatic carbocycles. The summed E-state index contributed by atoms with van der Waals surface area (Å²) in [5, 5.41) is 3.30. The lowest BCUT2D eigenvalue weighted by molar-refractivity contribution is -0.125. The van der Waals surface area contributed by atoms with E-state index < -0.39 is 10.0 Å². The maximum atomic E-state index is 13.4. The number of amides is 1. The van der Waals surface area contributed by atoms with E-state index in [9.17, 15) is 13.2 Å². The molecule has 7 nitrogen and oxygen atoms in total. The minimum absolute atomic E-state index is 0.00827. The summed E-state index contributed by atoms with van der Waals surface area (Å²) in [4.78, 5) is 18.2. The molecule has 3 aliphatic heterocycles. The Morgan fingerprint density at radius 3 is 2.50 bits per heavy atom. The van der Waals surface area contributed by atoms with Gasteiger partial charge in [0.1, 0.15) is 10.9 Å². The standard InChI is InChI=1S/C24H34N4O3S/c29-23(25-18-24(13-5-1-6-14-24)27-15-7-2-8-16-27)20-11-9-17-28(20)22-19-10-3-4-12-21(19)32(30,31)26-22/h3-4,10,12,20H,1-2,5-9,11,13-18H2,(H,25,29)/t20-/m1/s1. The van der Waals surface area contributed by atoms with Crippen LogP contribution < -0.4 is 5.32 Å². The van der Waals surface area contributed by atoms with Crippen LogP contribution in [-0.4, -0.2) is 67.7 Å². The Balaban J connectivity index is 1.32. The molecule has 1 saturated carbocycles. The van der Waals surface area contributed by atoms with Gasteiger partial charge in [-0.25, -0.2) is 0 Å². The highest BCUT2D eigenvalue weighted by atomic mass is 32.2.